The molecule has 0 fully saturated rings. The number of hydrogen-bond acceptors (Lipinski definition) is 7. The van der Waals surface area contributed by atoms with Crippen LogP contribution in [0.4, 0.5) is 4.79 Å². The van der Waals surface area contributed by atoms with Gasteiger partial charge in [0.15, 0.2) is 0 Å². The first kappa shape index (κ1) is 25.7. The van der Waals surface area contributed by atoms with Crippen LogP contribution in [-0.4, -0.2) is 65.7 Å². The summed E-state index contributed by atoms with van der Waals surface area (Å²) in [5, 5.41) is 14.5. The van der Waals surface area contributed by atoms with Gasteiger partial charge in [0.1, 0.15) is 30.0 Å². The Morgan fingerprint density at radius 2 is 1.71 bits per heavy atom. The Kier molecular flexibility index (Phi) is 9.29. The van der Waals surface area contributed by atoms with Crippen LogP contribution in [0.15, 0.2) is 24.3 Å². The van der Waals surface area contributed by atoms with Gasteiger partial charge in [-0.1, -0.05) is 12.1 Å². The summed E-state index contributed by atoms with van der Waals surface area (Å²) < 4.78 is 9.70. The molecule has 0 saturated carbocycles. The SMILES string of the molecule is CCN(C(=O)C(C)NC(=O)OC(C)(C)C)C(C(=O)NCC(=O)OC)c1ccc(O)cc1. The minimum atomic E-state index is -1.11. The molecule has 2 unspecified atom stereocenters. The second-order valence-corrected chi connectivity index (χ2v) is 7.78. The smallest absolute Gasteiger partial charge is 0.408 e. The molecule has 1 aromatic rings. The molecule has 3 N–H and O–H groups in total. The van der Waals surface area contributed by atoms with E-state index < -0.39 is 41.6 Å². The number of nitrogens with zero attached hydrogens (tertiary/aromatic N) is 1. The number of esters is 1. The van der Waals surface area contributed by atoms with E-state index in [-0.39, 0.29) is 18.8 Å². The molecule has 0 heterocycles. The number of likely N-dealkylation sites (N-methyl/N-ethyl adjacent to an activating group) is 1. The first-order valence-corrected chi connectivity index (χ1v) is 9.83. The molecule has 0 spiro atoms. The number of amides is 3. The first-order valence-electron chi connectivity index (χ1n) is 9.83. The zero-order valence-corrected chi connectivity index (χ0v) is 18.7. The number of carbonyl (C=O) groups excluding carboxylic acids is 4. The molecule has 1 rings (SSSR count). The predicted molar refractivity (Wildman–Crippen MR) is 112 cm³/mol. The summed E-state index contributed by atoms with van der Waals surface area (Å²) >= 11 is 0. The number of rotatable bonds is 8. The lowest BCUT2D eigenvalue weighted by atomic mass is 10.0. The van der Waals surface area contributed by atoms with Crippen LogP contribution in [0.2, 0.25) is 0 Å². The Morgan fingerprint density at radius 3 is 2.19 bits per heavy atom. The summed E-state index contributed by atoms with van der Waals surface area (Å²) in [7, 11) is 1.19. The van der Waals surface area contributed by atoms with Crippen molar-refractivity contribution in [2.45, 2.75) is 52.3 Å². The second-order valence-electron chi connectivity index (χ2n) is 7.78. The fraction of sp³-hybridized carbons (Fsp3) is 0.524. The van der Waals surface area contributed by atoms with Gasteiger partial charge in [0.2, 0.25) is 11.8 Å². The van der Waals surface area contributed by atoms with E-state index in [2.05, 4.69) is 15.4 Å². The van der Waals surface area contributed by atoms with Gasteiger partial charge in [-0.3, -0.25) is 14.4 Å². The van der Waals surface area contributed by atoms with Crippen LogP contribution < -0.4 is 10.6 Å². The standard InChI is InChI=1S/C21H31N3O7/c1-7-24(19(28)13(2)23-20(29)31-21(3,4)5)17(14-8-10-15(25)11-9-14)18(27)22-12-16(26)30-6/h8-11,13,17,25H,7,12H2,1-6H3,(H,22,27)(H,23,29). The van der Waals surface area contributed by atoms with E-state index in [0.29, 0.717) is 5.56 Å². The van der Waals surface area contributed by atoms with Crippen molar-refractivity contribution in [3.05, 3.63) is 29.8 Å². The maximum absolute atomic E-state index is 13.1. The Labute approximate surface area is 181 Å². The van der Waals surface area contributed by atoms with Crippen LogP contribution in [0, 0.1) is 0 Å². The molecule has 0 aromatic heterocycles. The van der Waals surface area contributed by atoms with Crippen LogP contribution in [-0.2, 0) is 23.9 Å². The lowest BCUT2D eigenvalue weighted by molar-refractivity contribution is -0.144. The largest absolute Gasteiger partial charge is 0.508 e. The normalized spacial score (nSPS) is 12.8. The lowest BCUT2D eigenvalue weighted by Gasteiger charge is -2.32. The maximum Gasteiger partial charge on any atom is 0.408 e. The van der Waals surface area contributed by atoms with Gasteiger partial charge in [-0.2, -0.15) is 0 Å². The third-order valence-electron chi connectivity index (χ3n) is 4.13. The summed E-state index contributed by atoms with van der Waals surface area (Å²) in [6, 6.07) is 3.68. The quantitative estimate of drug-likeness (QED) is 0.525. The van der Waals surface area contributed by atoms with Gasteiger partial charge in [-0.25, -0.2) is 4.79 Å². The minimum absolute atomic E-state index is 0.00759. The van der Waals surface area contributed by atoms with Crippen LogP contribution in [0.1, 0.15) is 46.2 Å². The summed E-state index contributed by atoms with van der Waals surface area (Å²) in [6.07, 6.45) is -0.763. The molecule has 0 aliphatic heterocycles. The van der Waals surface area contributed by atoms with E-state index in [1.54, 1.807) is 27.7 Å². The molecular formula is C21H31N3O7. The maximum atomic E-state index is 13.1. The van der Waals surface area contributed by atoms with Crippen molar-refractivity contribution in [1.82, 2.24) is 15.5 Å². The number of ether oxygens (including phenoxy) is 2. The second kappa shape index (κ2) is 11.2. The van der Waals surface area contributed by atoms with Crippen molar-refractivity contribution in [2.24, 2.45) is 0 Å². The predicted octanol–water partition coefficient (Wildman–Crippen LogP) is 1.48. The third kappa shape index (κ3) is 8.15. The number of carbonyl (C=O) groups is 4. The number of methoxy groups -OCH3 is 1. The van der Waals surface area contributed by atoms with Crippen LogP contribution in [0.25, 0.3) is 0 Å². The summed E-state index contributed by atoms with van der Waals surface area (Å²) in [6.45, 7) is 8.02. The van der Waals surface area contributed by atoms with Crippen molar-refractivity contribution < 1.29 is 33.8 Å². The van der Waals surface area contributed by atoms with E-state index in [4.69, 9.17) is 4.74 Å². The van der Waals surface area contributed by atoms with Gasteiger partial charge in [0.25, 0.3) is 0 Å². The summed E-state index contributed by atoms with van der Waals surface area (Å²) in [5.74, 6) is -1.80. The lowest BCUT2D eigenvalue weighted by Crippen LogP contribution is -2.52. The van der Waals surface area contributed by atoms with Crippen molar-refractivity contribution in [3.63, 3.8) is 0 Å². The highest BCUT2D eigenvalue weighted by molar-refractivity contribution is 5.93. The Bertz CT molecular complexity index is 787. The van der Waals surface area contributed by atoms with Gasteiger partial charge in [0.05, 0.1) is 7.11 Å². The van der Waals surface area contributed by atoms with Crippen LogP contribution in [0.3, 0.4) is 0 Å². The molecule has 0 aliphatic carbocycles. The molecule has 0 bridgehead atoms. The average Bonchev–Trinajstić information content (AvgIpc) is 2.68. The van der Waals surface area contributed by atoms with E-state index in [0.717, 1.165) is 0 Å². The number of phenols is 1. The van der Waals surface area contributed by atoms with Gasteiger partial charge >= 0.3 is 12.1 Å². The molecule has 31 heavy (non-hydrogen) atoms. The Balaban J connectivity index is 3.13. The molecule has 0 aliphatic rings. The molecule has 1 aromatic carbocycles. The number of phenolic OH excluding ortho intramolecular Hbond substituents is 1. The Hall–Kier alpha value is -3.30. The topological polar surface area (TPSA) is 134 Å². The van der Waals surface area contributed by atoms with Crippen molar-refractivity contribution in [3.8, 4) is 5.75 Å². The van der Waals surface area contributed by atoms with E-state index >= 15 is 0 Å². The molecule has 10 nitrogen and oxygen atoms in total. The van der Waals surface area contributed by atoms with Crippen molar-refractivity contribution in [1.29, 1.82) is 0 Å². The highest BCUT2D eigenvalue weighted by atomic mass is 16.6. The monoisotopic (exact) mass is 437 g/mol. The van der Waals surface area contributed by atoms with Gasteiger partial charge in [-0.15, -0.1) is 0 Å². The zero-order valence-electron chi connectivity index (χ0n) is 18.7. The van der Waals surface area contributed by atoms with Crippen molar-refractivity contribution >= 4 is 23.9 Å². The van der Waals surface area contributed by atoms with E-state index in [9.17, 15) is 24.3 Å². The highest BCUT2D eigenvalue weighted by Gasteiger charge is 2.34. The molecule has 2 atom stereocenters. The zero-order chi connectivity index (χ0) is 23.8. The average molecular weight is 437 g/mol. The molecule has 3 amide bonds. The van der Waals surface area contributed by atoms with Gasteiger partial charge in [0, 0.05) is 6.54 Å². The molecule has 10 heteroatoms. The molecule has 172 valence electrons. The van der Waals surface area contributed by atoms with Crippen LogP contribution in [0.5, 0.6) is 5.75 Å². The number of aromatic hydroxyl groups is 1. The number of nitrogens with one attached hydrogen (secondary N) is 2. The number of benzene rings is 1. The summed E-state index contributed by atoms with van der Waals surface area (Å²) in [4.78, 5) is 50.7. The fourth-order valence-corrected chi connectivity index (χ4v) is 2.72. The van der Waals surface area contributed by atoms with E-state index in [1.807, 2.05) is 0 Å². The van der Waals surface area contributed by atoms with Crippen molar-refractivity contribution in [2.75, 3.05) is 20.2 Å². The number of alkyl carbamates (subject to hydrolysis) is 1. The Morgan fingerprint density at radius 1 is 1.13 bits per heavy atom. The molecule has 0 radical (unpaired) electrons. The van der Waals surface area contributed by atoms with Crippen LogP contribution >= 0.6 is 0 Å². The van der Waals surface area contributed by atoms with Gasteiger partial charge in [-0.05, 0) is 52.3 Å². The highest BCUT2D eigenvalue weighted by Crippen LogP contribution is 2.24. The number of hydrogen-bond donors (Lipinski definition) is 3. The minimum Gasteiger partial charge on any atom is -0.508 e. The van der Waals surface area contributed by atoms with Gasteiger partial charge < -0.3 is 30.1 Å². The third-order valence-corrected chi connectivity index (χ3v) is 4.13. The summed E-state index contributed by atoms with van der Waals surface area (Å²) in [5.41, 5.74) is -0.320. The molecule has 0 saturated heterocycles. The first-order chi connectivity index (χ1) is 14.4. The molecular weight excluding hydrogens is 406 g/mol. The fourth-order valence-electron chi connectivity index (χ4n) is 2.72. The van der Waals surface area contributed by atoms with E-state index in [1.165, 1.54) is 43.2 Å².